The molecular formula is C38H27N3. The van der Waals surface area contributed by atoms with Crippen LogP contribution in [0.25, 0.3) is 66.4 Å². The highest BCUT2D eigenvalue weighted by atomic mass is 15.2. The number of rotatable bonds is 2. The van der Waals surface area contributed by atoms with E-state index < -0.39 is 0 Å². The summed E-state index contributed by atoms with van der Waals surface area (Å²) in [5, 5.41) is 4.99. The van der Waals surface area contributed by atoms with Crippen LogP contribution in [0.3, 0.4) is 0 Å². The standard InChI is InChI=1S/C38H27N3/c1-38(2)31-16-8-6-14-27(31)29-20-24-21-30-28-15-7-10-18-34(28)41(36(30)23-25(24)22-32(29)38)37-39-33-17-9-11-19-35(33)40(37)26-12-4-3-5-13-26/h3-23H,1-2H3. The van der Waals surface area contributed by atoms with E-state index in [2.05, 4.69) is 150 Å². The molecule has 3 nitrogen and oxygen atoms in total. The minimum atomic E-state index is -0.0386. The van der Waals surface area contributed by atoms with Gasteiger partial charge in [0, 0.05) is 21.9 Å². The maximum absolute atomic E-state index is 5.25. The van der Waals surface area contributed by atoms with Crippen LogP contribution in [0.5, 0.6) is 0 Å². The lowest BCUT2D eigenvalue weighted by molar-refractivity contribution is 0.661. The molecule has 0 N–H and O–H groups in total. The molecule has 0 unspecified atom stereocenters. The summed E-state index contributed by atoms with van der Waals surface area (Å²) in [4.78, 5) is 5.25. The Hall–Kier alpha value is -5.15. The van der Waals surface area contributed by atoms with E-state index >= 15 is 0 Å². The fourth-order valence-corrected chi connectivity index (χ4v) is 7.12. The zero-order valence-electron chi connectivity index (χ0n) is 23.0. The van der Waals surface area contributed by atoms with Crippen LogP contribution >= 0.6 is 0 Å². The van der Waals surface area contributed by atoms with Crippen molar-refractivity contribution in [3.63, 3.8) is 0 Å². The van der Waals surface area contributed by atoms with Crippen LogP contribution in [0.1, 0.15) is 25.0 Å². The van der Waals surface area contributed by atoms with Crippen molar-refractivity contribution < 1.29 is 0 Å². The number of imidazole rings is 1. The van der Waals surface area contributed by atoms with Crippen LogP contribution in [0, 0.1) is 0 Å². The zero-order chi connectivity index (χ0) is 27.3. The molecule has 2 aromatic heterocycles. The number of fused-ring (bicyclic) bond motifs is 8. The molecule has 0 amide bonds. The Morgan fingerprint density at radius 2 is 1.22 bits per heavy atom. The Bertz CT molecular complexity index is 2330. The molecule has 8 aromatic rings. The van der Waals surface area contributed by atoms with Gasteiger partial charge in [-0.15, -0.1) is 0 Å². The summed E-state index contributed by atoms with van der Waals surface area (Å²) >= 11 is 0. The summed E-state index contributed by atoms with van der Waals surface area (Å²) in [6.45, 7) is 4.70. The van der Waals surface area contributed by atoms with E-state index in [1.165, 1.54) is 49.3 Å². The van der Waals surface area contributed by atoms with Gasteiger partial charge in [-0.1, -0.05) is 86.6 Å². The molecule has 194 valence electrons. The van der Waals surface area contributed by atoms with Crippen molar-refractivity contribution in [3.8, 4) is 22.8 Å². The van der Waals surface area contributed by atoms with E-state index in [-0.39, 0.29) is 5.41 Å². The highest BCUT2D eigenvalue weighted by Crippen LogP contribution is 2.50. The van der Waals surface area contributed by atoms with E-state index in [9.17, 15) is 0 Å². The van der Waals surface area contributed by atoms with Gasteiger partial charge in [0.1, 0.15) is 0 Å². The van der Waals surface area contributed by atoms with Crippen molar-refractivity contribution in [1.29, 1.82) is 0 Å². The van der Waals surface area contributed by atoms with Crippen molar-refractivity contribution in [1.82, 2.24) is 14.1 Å². The zero-order valence-corrected chi connectivity index (χ0v) is 23.0. The van der Waals surface area contributed by atoms with Crippen LogP contribution in [0.4, 0.5) is 0 Å². The van der Waals surface area contributed by atoms with Gasteiger partial charge >= 0.3 is 0 Å². The average molecular weight is 526 g/mol. The van der Waals surface area contributed by atoms with Gasteiger partial charge in [0.15, 0.2) is 0 Å². The van der Waals surface area contributed by atoms with Crippen LogP contribution in [-0.2, 0) is 5.41 Å². The fraction of sp³-hybridized carbons (Fsp3) is 0.0789. The molecule has 2 heterocycles. The van der Waals surface area contributed by atoms with Crippen LogP contribution in [0.15, 0.2) is 127 Å². The van der Waals surface area contributed by atoms with Crippen molar-refractivity contribution in [2.24, 2.45) is 0 Å². The van der Waals surface area contributed by atoms with Crippen molar-refractivity contribution in [2.45, 2.75) is 19.3 Å². The van der Waals surface area contributed by atoms with Gasteiger partial charge in [-0.3, -0.25) is 9.13 Å². The van der Waals surface area contributed by atoms with E-state index in [0.717, 1.165) is 28.2 Å². The van der Waals surface area contributed by atoms with Crippen molar-refractivity contribution in [2.75, 3.05) is 0 Å². The normalized spacial score (nSPS) is 13.8. The summed E-state index contributed by atoms with van der Waals surface area (Å²) in [6.07, 6.45) is 0. The Kier molecular flexibility index (Phi) is 4.39. The first-order valence-electron chi connectivity index (χ1n) is 14.2. The predicted octanol–water partition coefficient (Wildman–Crippen LogP) is 9.58. The van der Waals surface area contributed by atoms with Gasteiger partial charge in [-0.2, -0.15) is 0 Å². The van der Waals surface area contributed by atoms with E-state index in [1.54, 1.807) is 0 Å². The van der Waals surface area contributed by atoms with E-state index in [1.807, 2.05) is 0 Å². The average Bonchev–Trinajstić information content (AvgIpc) is 3.61. The number of hydrogen-bond donors (Lipinski definition) is 0. The lowest BCUT2D eigenvalue weighted by Gasteiger charge is -2.21. The predicted molar refractivity (Wildman–Crippen MR) is 170 cm³/mol. The van der Waals surface area contributed by atoms with Gasteiger partial charge in [-0.25, -0.2) is 4.98 Å². The molecule has 3 heteroatoms. The van der Waals surface area contributed by atoms with E-state index in [4.69, 9.17) is 4.98 Å². The number of nitrogens with zero attached hydrogens (tertiary/aromatic N) is 3. The Morgan fingerprint density at radius 3 is 2.10 bits per heavy atom. The van der Waals surface area contributed by atoms with Gasteiger partial charge in [0.25, 0.3) is 0 Å². The number of benzene rings is 6. The lowest BCUT2D eigenvalue weighted by atomic mass is 9.82. The lowest BCUT2D eigenvalue weighted by Crippen LogP contribution is -2.14. The molecule has 9 rings (SSSR count). The molecule has 0 fully saturated rings. The maximum atomic E-state index is 5.25. The molecular weight excluding hydrogens is 498 g/mol. The first kappa shape index (κ1) is 22.6. The summed E-state index contributed by atoms with van der Waals surface area (Å²) in [7, 11) is 0. The smallest absolute Gasteiger partial charge is 0.220 e. The van der Waals surface area contributed by atoms with Gasteiger partial charge < -0.3 is 0 Å². The molecule has 0 bridgehead atoms. The topological polar surface area (TPSA) is 22.8 Å². The minimum Gasteiger partial charge on any atom is -0.279 e. The molecule has 0 saturated heterocycles. The maximum Gasteiger partial charge on any atom is 0.220 e. The van der Waals surface area contributed by atoms with E-state index in [0.29, 0.717) is 0 Å². The molecule has 41 heavy (non-hydrogen) atoms. The summed E-state index contributed by atoms with van der Waals surface area (Å²) in [5.41, 5.74) is 11.0. The highest BCUT2D eigenvalue weighted by molar-refractivity contribution is 6.14. The first-order valence-corrected chi connectivity index (χ1v) is 14.2. The molecule has 1 aliphatic rings. The van der Waals surface area contributed by atoms with Crippen LogP contribution < -0.4 is 0 Å². The third-order valence-electron chi connectivity index (χ3n) is 9.09. The highest BCUT2D eigenvalue weighted by Gasteiger charge is 2.35. The molecule has 1 aliphatic carbocycles. The number of hydrogen-bond acceptors (Lipinski definition) is 1. The second-order valence-corrected chi connectivity index (χ2v) is 11.7. The minimum absolute atomic E-state index is 0.0386. The molecule has 0 spiro atoms. The second kappa shape index (κ2) is 7.96. The summed E-state index contributed by atoms with van der Waals surface area (Å²) in [5.74, 6) is 0.900. The Balaban J connectivity index is 1.40. The van der Waals surface area contributed by atoms with Crippen LogP contribution in [-0.4, -0.2) is 14.1 Å². The van der Waals surface area contributed by atoms with Crippen molar-refractivity contribution >= 4 is 43.6 Å². The Labute approximate surface area is 237 Å². The summed E-state index contributed by atoms with van der Waals surface area (Å²) in [6, 6.07) is 46.1. The molecule has 0 saturated carbocycles. The molecule has 0 radical (unpaired) electrons. The van der Waals surface area contributed by atoms with Crippen molar-refractivity contribution in [3.05, 3.63) is 139 Å². The third kappa shape index (κ3) is 3.01. The van der Waals surface area contributed by atoms with Crippen LogP contribution in [0.2, 0.25) is 0 Å². The first-order chi connectivity index (χ1) is 20.1. The van der Waals surface area contributed by atoms with Gasteiger partial charge in [-0.05, 0) is 87.6 Å². The number of para-hydroxylation sites is 4. The monoisotopic (exact) mass is 525 g/mol. The summed E-state index contributed by atoms with van der Waals surface area (Å²) < 4.78 is 4.64. The fourth-order valence-electron chi connectivity index (χ4n) is 7.12. The molecule has 6 aromatic carbocycles. The third-order valence-corrected chi connectivity index (χ3v) is 9.09. The SMILES string of the molecule is CC1(C)c2ccccc2-c2cc3cc4c5ccccc5n(-c5nc6ccccc6n5-c5ccccc5)c4cc3cc21. The van der Waals surface area contributed by atoms with Gasteiger partial charge in [0.05, 0.1) is 22.1 Å². The van der Waals surface area contributed by atoms with Gasteiger partial charge in [0.2, 0.25) is 5.95 Å². The second-order valence-electron chi connectivity index (χ2n) is 11.7. The molecule has 0 atom stereocenters. The Morgan fingerprint density at radius 1 is 0.512 bits per heavy atom. The molecule has 0 aliphatic heterocycles. The number of aromatic nitrogens is 3. The quantitative estimate of drug-likeness (QED) is 0.220. The largest absolute Gasteiger partial charge is 0.279 e.